The average Bonchev–Trinajstić information content (AvgIpc) is 2.80. The number of hydrogen-bond donors (Lipinski definition) is 0. The molecule has 9 heteroatoms. The predicted octanol–water partition coefficient (Wildman–Crippen LogP) is 3.09. The molecule has 0 aliphatic carbocycles. The summed E-state index contributed by atoms with van der Waals surface area (Å²) in [6.45, 7) is -0.275. The van der Waals surface area contributed by atoms with Crippen LogP contribution in [-0.2, 0) is 20.9 Å². The first-order valence-corrected chi connectivity index (χ1v) is 8.90. The van der Waals surface area contributed by atoms with Crippen molar-refractivity contribution >= 4 is 29.9 Å². The van der Waals surface area contributed by atoms with Gasteiger partial charge in [-0.25, -0.2) is 0 Å². The Morgan fingerprint density at radius 3 is 2.63 bits per heavy atom. The highest BCUT2D eigenvalue weighted by atomic mass is 32.5. The first-order valence-electron chi connectivity index (χ1n) is 5.53. The monoisotopic (exact) mass is 322 g/mol. The zero-order valence-corrected chi connectivity index (χ0v) is 13.4. The Labute approximate surface area is 121 Å². The Morgan fingerprint density at radius 2 is 2.11 bits per heavy atom. The lowest BCUT2D eigenvalue weighted by atomic mass is 10.4. The normalized spacial score (nSPS) is 11.1. The molecular formula is C10H15N2O4PS2. The summed E-state index contributed by atoms with van der Waals surface area (Å²) in [6, 6.07) is 1.99. The van der Waals surface area contributed by atoms with E-state index < -0.39 is 6.72 Å². The molecule has 0 aromatic carbocycles. The highest BCUT2D eigenvalue weighted by Gasteiger charge is 2.24. The van der Waals surface area contributed by atoms with Gasteiger partial charge in [-0.2, -0.15) is 10.2 Å². The Bertz CT molecular complexity index is 492. The van der Waals surface area contributed by atoms with Gasteiger partial charge in [0.15, 0.2) is 4.88 Å². The van der Waals surface area contributed by atoms with Gasteiger partial charge in [0.1, 0.15) is 6.07 Å². The highest BCUT2D eigenvalue weighted by molar-refractivity contribution is 8.07. The number of ether oxygens (including phenoxy) is 1. The molecular weight excluding hydrogens is 307 g/mol. The van der Waals surface area contributed by atoms with Crippen molar-refractivity contribution in [3.05, 3.63) is 4.88 Å². The van der Waals surface area contributed by atoms with Crippen molar-refractivity contribution in [2.75, 3.05) is 20.8 Å². The van der Waals surface area contributed by atoms with Gasteiger partial charge in [0.25, 0.3) is 11.1 Å². The lowest BCUT2D eigenvalue weighted by Gasteiger charge is -2.16. The third-order valence-corrected chi connectivity index (χ3v) is 5.31. The Hall–Kier alpha value is -0.710. The van der Waals surface area contributed by atoms with Crippen LogP contribution in [0.5, 0.6) is 11.1 Å². The second-order valence-corrected chi connectivity index (χ2v) is 7.44. The molecule has 1 aromatic heterocycles. The molecule has 19 heavy (non-hydrogen) atoms. The molecule has 0 fully saturated rings. The number of thiazole rings is 1. The van der Waals surface area contributed by atoms with E-state index in [1.54, 1.807) is 0 Å². The summed E-state index contributed by atoms with van der Waals surface area (Å²) >= 11 is 6.18. The quantitative estimate of drug-likeness (QED) is 0.538. The number of unbranched alkanes of at least 4 members (excludes halogenated alkanes) is 1. The van der Waals surface area contributed by atoms with Crippen molar-refractivity contribution in [3.63, 3.8) is 0 Å². The number of rotatable bonds is 8. The minimum absolute atomic E-state index is 0.103. The topological polar surface area (TPSA) is 73.6 Å². The fraction of sp³-hybridized carbons (Fsp3) is 0.600. The summed E-state index contributed by atoms with van der Waals surface area (Å²) < 4.78 is 20.8. The second kappa shape index (κ2) is 7.78. The van der Waals surface area contributed by atoms with Gasteiger partial charge in [-0.05, 0) is 6.42 Å². The molecule has 1 rings (SSSR count). The molecule has 0 saturated carbocycles. The van der Waals surface area contributed by atoms with Crippen molar-refractivity contribution in [2.24, 2.45) is 0 Å². The molecule has 0 saturated heterocycles. The van der Waals surface area contributed by atoms with E-state index >= 15 is 0 Å². The van der Waals surface area contributed by atoms with Crippen LogP contribution in [0.2, 0.25) is 0 Å². The standard InChI is InChI=1S/C10H15N2O4PS2/c1-4-5-6-15-10-12-9(8(7-11)19-10)16-17(18,13-2)14-3/h4-6H2,1-3H3. The summed E-state index contributed by atoms with van der Waals surface area (Å²) in [5.74, 6) is 0.103. The van der Waals surface area contributed by atoms with Crippen molar-refractivity contribution in [1.29, 1.82) is 5.26 Å². The molecule has 0 amide bonds. The molecule has 0 radical (unpaired) electrons. The van der Waals surface area contributed by atoms with Crippen LogP contribution in [0.1, 0.15) is 24.6 Å². The molecule has 0 bridgehead atoms. The molecule has 1 heterocycles. The van der Waals surface area contributed by atoms with Crippen molar-refractivity contribution in [2.45, 2.75) is 19.8 Å². The van der Waals surface area contributed by atoms with Crippen LogP contribution in [0, 0.1) is 11.3 Å². The van der Waals surface area contributed by atoms with Crippen LogP contribution in [0.25, 0.3) is 0 Å². The van der Waals surface area contributed by atoms with E-state index in [0.717, 1.165) is 24.2 Å². The molecule has 0 aliphatic rings. The van der Waals surface area contributed by atoms with E-state index in [9.17, 15) is 0 Å². The first-order chi connectivity index (χ1) is 9.08. The maximum absolute atomic E-state index is 9.03. The van der Waals surface area contributed by atoms with Gasteiger partial charge in [-0.15, -0.1) is 0 Å². The Balaban J connectivity index is 2.83. The van der Waals surface area contributed by atoms with E-state index in [4.69, 9.17) is 35.4 Å². The van der Waals surface area contributed by atoms with Crippen LogP contribution < -0.4 is 9.26 Å². The fourth-order valence-corrected chi connectivity index (χ4v) is 2.62. The zero-order valence-electron chi connectivity index (χ0n) is 10.9. The highest BCUT2D eigenvalue weighted by Crippen LogP contribution is 2.49. The largest absolute Gasteiger partial charge is 0.470 e. The SMILES string of the molecule is CCCCOc1nc(OP(=S)(OC)OC)c(C#N)s1. The van der Waals surface area contributed by atoms with E-state index in [1.807, 2.05) is 6.07 Å². The second-order valence-electron chi connectivity index (χ2n) is 3.33. The fourth-order valence-electron chi connectivity index (χ4n) is 1.04. The number of hydrogen-bond acceptors (Lipinski definition) is 8. The molecule has 0 N–H and O–H groups in total. The lowest BCUT2D eigenvalue weighted by Crippen LogP contribution is -1.99. The van der Waals surface area contributed by atoms with Crippen LogP contribution in [0.15, 0.2) is 0 Å². The first kappa shape index (κ1) is 16.3. The van der Waals surface area contributed by atoms with E-state index in [2.05, 4.69) is 11.9 Å². The smallest absolute Gasteiger partial charge is 0.381 e. The number of nitriles is 1. The maximum Gasteiger partial charge on any atom is 0.381 e. The zero-order chi connectivity index (χ0) is 14.3. The van der Waals surface area contributed by atoms with Crippen molar-refractivity contribution < 1.29 is 18.3 Å². The summed E-state index contributed by atoms with van der Waals surface area (Å²) in [4.78, 5) is 4.37. The third-order valence-electron chi connectivity index (χ3n) is 2.05. The average molecular weight is 322 g/mol. The van der Waals surface area contributed by atoms with E-state index in [0.29, 0.717) is 11.8 Å². The van der Waals surface area contributed by atoms with Crippen LogP contribution in [0.4, 0.5) is 0 Å². The molecule has 1 aromatic rings. The van der Waals surface area contributed by atoms with Gasteiger partial charge in [0, 0.05) is 26.0 Å². The minimum atomic E-state index is -2.89. The molecule has 0 aliphatic heterocycles. The van der Waals surface area contributed by atoms with Gasteiger partial charge in [-0.3, -0.25) is 0 Å². The molecule has 106 valence electrons. The molecule has 0 atom stereocenters. The summed E-state index contributed by atoms with van der Waals surface area (Å²) in [5.41, 5.74) is 0. The van der Waals surface area contributed by atoms with Crippen molar-refractivity contribution in [1.82, 2.24) is 4.98 Å². The number of nitrogens with zero attached hydrogens (tertiary/aromatic N) is 2. The van der Waals surface area contributed by atoms with Crippen LogP contribution >= 0.6 is 18.1 Å². The summed E-state index contributed by atoms with van der Waals surface area (Å²) in [7, 11) is 2.78. The van der Waals surface area contributed by atoms with Gasteiger partial charge in [0.2, 0.25) is 0 Å². The van der Waals surface area contributed by atoms with Gasteiger partial charge >= 0.3 is 6.72 Å². The van der Waals surface area contributed by atoms with E-state index in [-0.39, 0.29) is 10.8 Å². The minimum Gasteiger partial charge on any atom is -0.470 e. The lowest BCUT2D eigenvalue weighted by molar-refractivity contribution is 0.268. The van der Waals surface area contributed by atoms with Crippen LogP contribution in [-0.4, -0.2) is 25.8 Å². The van der Waals surface area contributed by atoms with Gasteiger partial charge in [-0.1, -0.05) is 24.7 Å². The van der Waals surface area contributed by atoms with Gasteiger partial charge < -0.3 is 18.3 Å². The van der Waals surface area contributed by atoms with E-state index in [1.165, 1.54) is 14.2 Å². The molecule has 0 spiro atoms. The third kappa shape index (κ3) is 4.71. The van der Waals surface area contributed by atoms with Gasteiger partial charge in [0.05, 0.1) is 6.61 Å². The molecule has 6 nitrogen and oxygen atoms in total. The number of aromatic nitrogens is 1. The summed E-state index contributed by atoms with van der Waals surface area (Å²) in [6.07, 6.45) is 1.94. The summed E-state index contributed by atoms with van der Waals surface area (Å²) in [5, 5.41) is 9.41. The van der Waals surface area contributed by atoms with Crippen LogP contribution in [0.3, 0.4) is 0 Å². The molecule has 0 unspecified atom stereocenters. The predicted molar refractivity (Wildman–Crippen MR) is 76.2 cm³/mol. The van der Waals surface area contributed by atoms with Crippen molar-refractivity contribution in [3.8, 4) is 17.1 Å². The Morgan fingerprint density at radius 1 is 1.42 bits per heavy atom. The maximum atomic E-state index is 9.03. The Kier molecular flexibility index (Phi) is 6.69.